The highest BCUT2D eigenvalue weighted by Crippen LogP contribution is 2.21. The normalized spacial score (nSPS) is 9.92. The standard InChI is InChI=1S/C10H11NS.ClH/c11-5-3-8-1-2-10-9(7-8)4-6-12-10;/h1-2,4,6-7H,3,5,11H2;1H. The first-order valence-electron chi connectivity index (χ1n) is 4.06. The fraction of sp³-hybridized carbons (Fsp3) is 0.200. The molecule has 2 N–H and O–H groups in total. The molecule has 0 spiro atoms. The largest absolute Gasteiger partial charge is 0.330 e. The van der Waals surface area contributed by atoms with Crippen LogP contribution in [0.25, 0.3) is 10.1 Å². The van der Waals surface area contributed by atoms with Crippen LogP contribution < -0.4 is 5.73 Å². The summed E-state index contributed by atoms with van der Waals surface area (Å²) in [7, 11) is 0. The summed E-state index contributed by atoms with van der Waals surface area (Å²) < 4.78 is 1.36. The van der Waals surface area contributed by atoms with Crippen molar-refractivity contribution in [1.29, 1.82) is 0 Å². The van der Waals surface area contributed by atoms with E-state index < -0.39 is 0 Å². The SMILES string of the molecule is Cl.NCCc1ccc2sccc2c1. The quantitative estimate of drug-likeness (QED) is 0.816. The van der Waals surface area contributed by atoms with Crippen molar-refractivity contribution in [3.63, 3.8) is 0 Å². The average molecular weight is 214 g/mol. The number of thiophene rings is 1. The highest BCUT2D eigenvalue weighted by molar-refractivity contribution is 7.17. The fourth-order valence-electron chi connectivity index (χ4n) is 1.34. The summed E-state index contributed by atoms with van der Waals surface area (Å²) in [5.74, 6) is 0. The van der Waals surface area contributed by atoms with Gasteiger partial charge in [-0.05, 0) is 41.4 Å². The van der Waals surface area contributed by atoms with Gasteiger partial charge in [-0.25, -0.2) is 0 Å². The van der Waals surface area contributed by atoms with Crippen LogP contribution in [0.5, 0.6) is 0 Å². The second-order valence-corrected chi connectivity index (χ2v) is 3.78. The van der Waals surface area contributed by atoms with Crippen molar-refractivity contribution in [2.45, 2.75) is 6.42 Å². The molecule has 3 heteroatoms. The summed E-state index contributed by atoms with van der Waals surface area (Å²) in [6.45, 7) is 0.732. The highest BCUT2D eigenvalue weighted by Gasteiger charge is 1.95. The smallest absolute Gasteiger partial charge is 0.0342 e. The van der Waals surface area contributed by atoms with Crippen LogP contribution >= 0.6 is 23.7 Å². The van der Waals surface area contributed by atoms with Crippen LogP contribution in [-0.4, -0.2) is 6.54 Å². The molecule has 0 amide bonds. The van der Waals surface area contributed by atoms with Gasteiger partial charge in [0.1, 0.15) is 0 Å². The number of fused-ring (bicyclic) bond motifs is 1. The van der Waals surface area contributed by atoms with Crippen LogP contribution in [0.2, 0.25) is 0 Å². The molecule has 0 aliphatic carbocycles. The summed E-state index contributed by atoms with van der Waals surface area (Å²) in [6, 6.07) is 8.70. The number of hydrogen-bond donors (Lipinski definition) is 1. The number of rotatable bonds is 2. The Labute approximate surface area is 88.0 Å². The summed E-state index contributed by atoms with van der Waals surface area (Å²) in [5, 5.41) is 3.46. The minimum absolute atomic E-state index is 0. The summed E-state index contributed by atoms with van der Waals surface area (Å²) >= 11 is 1.78. The molecule has 0 aliphatic rings. The molecule has 2 rings (SSSR count). The van der Waals surface area contributed by atoms with Crippen molar-refractivity contribution in [1.82, 2.24) is 0 Å². The van der Waals surface area contributed by atoms with Gasteiger partial charge in [-0.2, -0.15) is 0 Å². The van der Waals surface area contributed by atoms with Crippen molar-refractivity contribution in [3.05, 3.63) is 35.2 Å². The van der Waals surface area contributed by atoms with Gasteiger partial charge in [0, 0.05) is 4.70 Å². The van der Waals surface area contributed by atoms with E-state index >= 15 is 0 Å². The van der Waals surface area contributed by atoms with Crippen molar-refractivity contribution in [2.75, 3.05) is 6.54 Å². The molecule has 0 unspecified atom stereocenters. The van der Waals surface area contributed by atoms with Crippen LogP contribution in [-0.2, 0) is 6.42 Å². The lowest BCUT2D eigenvalue weighted by Gasteiger charge is -1.97. The minimum atomic E-state index is 0. The van der Waals surface area contributed by atoms with Gasteiger partial charge in [0.05, 0.1) is 0 Å². The maximum atomic E-state index is 5.48. The molecule has 0 atom stereocenters. The Bertz CT molecular complexity index is 383. The Kier molecular flexibility index (Phi) is 3.72. The van der Waals surface area contributed by atoms with E-state index in [0.29, 0.717) is 0 Å². The average Bonchev–Trinajstić information content (AvgIpc) is 2.51. The Balaban J connectivity index is 0.000000845. The first-order valence-corrected chi connectivity index (χ1v) is 4.94. The van der Waals surface area contributed by atoms with Gasteiger partial charge in [-0.1, -0.05) is 12.1 Å². The van der Waals surface area contributed by atoms with Gasteiger partial charge in [0.2, 0.25) is 0 Å². The third-order valence-electron chi connectivity index (χ3n) is 1.95. The van der Waals surface area contributed by atoms with Crippen molar-refractivity contribution < 1.29 is 0 Å². The zero-order valence-corrected chi connectivity index (χ0v) is 8.83. The summed E-state index contributed by atoms with van der Waals surface area (Å²) in [5.41, 5.74) is 6.82. The molecule has 70 valence electrons. The molecule has 1 aromatic heterocycles. The van der Waals surface area contributed by atoms with Crippen LogP contribution in [0.3, 0.4) is 0 Å². The lowest BCUT2D eigenvalue weighted by atomic mass is 10.1. The van der Waals surface area contributed by atoms with Crippen molar-refractivity contribution in [2.24, 2.45) is 5.73 Å². The second kappa shape index (κ2) is 4.61. The van der Waals surface area contributed by atoms with E-state index in [1.165, 1.54) is 15.6 Å². The number of hydrogen-bond acceptors (Lipinski definition) is 2. The molecule has 1 nitrogen and oxygen atoms in total. The molecule has 0 fully saturated rings. The Hall–Kier alpha value is -0.570. The van der Waals surface area contributed by atoms with Crippen LogP contribution in [0.1, 0.15) is 5.56 Å². The summed E-state index contributed by atoms with van der Waals surface area (Å²) in [6.07, 6.45) is 0.978. The van der Waals surface area contributed by atoms with Crippen LogP contribution in [0.15, 0.2) is 29.6 Å². The van der Waals surface area contributed by atoms with Crippen molar-refractivity contribution >= 4 is 33.8 Å². The fourth-order valence-corrected chi connectivity index (χ4v) is 2.11. The molecule has 0 aliphatic heterocycles. The predicted octanol–water partition coefficient (Wildman–Crippen LogP) is 2.82. The molecule has 1 heterocycles. The second-order valence-electron chi connectivity index (χ2n) is 2.83. The molecular weight excluding hydrogens is 202 g/mol. The molecule has 0 bridgehead atoms. The molecule has 2 aromatic rings. The van der Waals surface area contributed by atoms with Gasteiger partial charge in [-0.15, -0.1) is 23.7 Å². The third-order valence-corrected chi connectivity index (χ3v) is 2.85. The number of halogens is 1. The van der Waals surface area contributed by atoms with Crippen molar-refractivity contribution in [3.8, 4) is 0 Å². The van der Waals surface area contributed by atoms with E-state index in [1.807, 2.05) is 0 Å². The molecule has 1 aromatic carbocycles. The van der Waals surface area contributed by atoms with E-state index in [-0.39, 0.29) is 12.4 Å². The van der Waals surface area contributed by atoms with E-state index in [4.69, 9.17) is 5.73 Å². The van der Waals surface area contributed by atoms with E-state index in [1.54, 1.807) is 11.3 Å². The first kappa shape index (κ1) is 10.5. The minimum Gasteiger partial charge on any atom is -0.330 e. The molecule has 0 saturated heterocycles. The molecular formula is C10H12ClNS. The lowest BCUT2D eigenvalue weighted by molar-refractivity contribution is 0.971. The van der Waals surface area contributed by atoms with Gasteiger partial charge in [0.15, 0.2) is 0 Å². The Morgan fingerprint density at radius 3 is 2.85 bits per heavy atom. The van der Waals surface area contributed by atoms with Crippen LogP contribution in [0.4, 0.5) is 0 Å². The Morgan fingerprint density at radius 2 is 2.08 bits per heavy atom. The van der Waals surface area contributed by atoms with Gasteiger partial charge < -0.3 is 5.73 Å². The number of benzene rings is 1. The maximum absolute atomic E-state index is 5.48. The van der Waals surface area contributed by atoms with E-state index in [0.717, 1.165) is 13.0 Å². The molecule has 13 heavy (non-hydrogen) atoms. The topological polar surface area (TPSA) is 26.0 Å². The predicted molar refractivity (Wildman–Crippen MR) is 61.8 cm³/mol. The van der Waals surface area contributed by atoms with Crippen LogP contribution in [0, 0.1) is 0 Å². The first-order chi connectivity index (χ1) is 5.90. The van der Waals surface area contributed by atoms with E-state index in [2.05, 4.69) is 29.6 Å². The monoisotopic (exact) mass is 213 g/mol. The van der Waals surface area contributed by atoms with Gasteiger partial charge in [0.25, 0.3) is 0 Å². The summed E-state index contributed by atoms with van der Waals surface area (Å²) in [4.78, 5) is 0. The zero-order valence-electron chi connectivity index (χ0n) is 7.19. The van der Waals surface area contributed by atoms with Gasteiger partial charge in [-0.3, -0.25) is 0 Å². The molecule has 0 saturated carbocycles. The zero-order chi connectivity index (χ0) is 8.39. The lowest BCUT2D eigenvalue weighted by Crippen LogP contribution is -2.02. The number of nitrogens with two attached hydrogens (primary N) is 1. The third kappa shape index (κ3) is 2.21. The van der Waals surface area contributed by atoms with E-state index in [9.17, 15) is 0 Å². The Morgan fingerprint density at radius 1 is 1.23 bits per heavy atom. The highest BCUT2D eigenvalue weighted by atomic mass is 35.5. The molecule has 0 radical (unpaired) electrons. The van der Waals surface area contributed by atoms with Gasteiger partial charge >= 0.3 is 0 Å². The maximum Gasteiger partial charge on any atom is 0.0342 e.